The van der Waals surface area contributed by atoms with Gasteiger partial charge in [0.15, 0.2) is 0 Å². The Kier molecular flexibility index (Phi) is 6.09. The Bertz CT molecular complexity index is 1060. The third-order valence-corrected chi connectivity index (χ3v) is 4.17. The highest BCUT2D eigenvalue weighted by Crippen LogP contribution is 2.33. The molecular formula is C21H23F2N5O2. The topological polar surface area (TPSA) is 81.9 Å². The summed E-state index contributed by atoms with van der Waals surface area (Å²) in [5.74, 6) is -0.857. The molecule has 0 fully saturated rings. The number of nitrogens with one attached hydrogen (secondary N) is 1. The van der Waals surface area contributed by atoms with E-state index in [2.05, 4.69) is 20.7 Å². The van der Waals surface area contributed by atoms with Crippen LogP contribution in [-0.4, -0.2) is 38.4 Å². The zero-order valence-electron chi connectivity index (χ0n) is 17.2. The number of rotatable bonds is 5. The maximum Gasteiger partial charge on any atom is 0.407 e. The van der Waals surface area contributed by atoms with E-state index in [0.29, 0.717) is 16.7 Å². The first-order chi connectivity index (χ1) is 14.1. The van der Waals surface area contributed by atoms with Crippen molar-refractivity contribution in [2.75, 3.05) is 6.54 Å². The van der Waals surface area contributed by atoms with Crippen molar-refractivity contribution < 1.29 is 18.3 Å². The van der Waals surface area contributed by atoms with Gasteiger partial charge >= 0.3 is 6.09 Å². The van der Waals surface area contributed by atoms with Crippen molar-refractivity contribution in [3.63, 3.8) is 0 Å². The zero-order valence-corrected chi connectivity index (χ0v) is 17.2. The number of halogens is 2. The normalized spacial score (nSPS) is 11.4. The van der Waals surface area contributed by atoms with Crippen molar-refractivity contribution in [1.82, 2.24) is 25.5 Å². The van der Waals surface area contributed by atoms with Crippen LogP contribution in [0, 0.1) is 11.6 Å². The zero-order chi connectivity index (χ0) is 21.9. The molecule has 2 aromatic carbocycles. The first kappa shape index (κ1) is 21.4. The molecule has 9 heteroatoms. The van der Waals surface area contributed by atoms with Crippen LogP contribution < -0.4 is 5.32 Å². The largest absolute Gasteiger partial charge is 0.444 e. The Morgan fingerprint density at radius 2 is 1.93 bits per heavy atom. The van der Waals surface area contributed by atoms with Crippen molar-refractivity contribution in [2.45, 2.75) is 32.8 Å². The SMILES string of the molecule is Cn1nnc(-c2c(F)cccc2-c2ccc(CCNC(=O)OC(C)(C)C)c(F)c2)n1. The highest BCUT2D eigenvalue weighted by molar-refractivity contribution is 5.80. The Morgan fingerprint density at radius 1 is 1.17 bits per heavy atom. The molecule has 1 heterocycles. The van der Waals surface area contributed by atoms with Crippen LogP contribution >= 0.6 is 0 Å². The van der Waals surface area contributed by atoms with Gasteiger partial charge in [0.25, 0.3) is 0 Å². The molecule has 0 aliphatic heterocycles. The molecule has 158 valence electrons. The van der Waals surface area contributed by atoms with Gasteiger partial charge in [-0.25, -0.2) is 13.6 Å². The molecule has 0 unspecified atom stereocenters. The lowest BCUT2D eigenvalue weighted by atomic mass is 9.97. The van der Waals surface area contributed by atoms with E-state index in [4.69, 9.17) is 4.74 Å². The van der Waals surface area contributed by atoms with E-state index in [1.807, 2.05) is 0 Å². The Labute approximate surface area is 173 Å². The van der Waals surface area contributed by atoms with Gasteiger partial charge in [-0.15, -0.1) is 10.2 Å². The molecular weight excluding hydrogens is 392 g/mol. The van der Waals surface area contributed by atoms with E-state index < -0.39 is 23.3 Å². The number of aryl methyl sites for hydroxylation is 1. The smallest absolute Gasteiger partial charge is 0.407 e. The maximum absolute atomic E-state index is 14.7. The van der Waals surface area contributed by atoms with Gasteiger partial charge < -0.3 is 10.1 Å². The van der Waals surface area contributed by atoms with Gasteiger partial charge in [-0.3, -0.25) is 0 Å². The molecule has 0 saturated carbocycles. The number of hydrogen-bond donors (Lipinski definition) is 1. The van der Waals surface area contributed by atoms with E-state index in [1.54, 1.807) is 52.1 Å². The third-order valence-electron chi connectivity index (χ3n) is 4.17. The molecule has 1 aromatic heterocycles. The second-order valence-corrected chi connectivity index (χ2v) is 7.75. The first-order valence-electron chi connectivity index (χ1n) is 9.42. The molecule has 0 aliphatic rings. The van der Waals surface area contributed by atoms with Crippen LogP contribution in [0.5, 0.6) is 0 Å². The summed E-state index contributed by atoms with van der Waals surface area (Å²) in [6.07, 6.45) is -0.270. The molecule has 0 bridgehead atoms. The molecule has 3 aromatic rings. The number of amides is 1. The van der Waals surface area contributed by atoms with Crippen LogP contribution in [0.2, 0.25) is 0 Å². The summed E-state index contributed by atoms with van der Waals surface area (Å²) in [4.78, 5) is 12.9. The van der Waals surface area contributed by atoms with Gasteiger partial charge in [-0.2, -0.15) is 4.80 Å². The van der Waals surface area contributed by atoms with Crippen LogP contribution in [0.4, 0.5) is 13.6 Å². The summed E-state index contributed by atoms with van der Waals surface area (Å²) >= 11 is 0. The van der Waals surface area contributed by atoms with Crippen molar-refractivity contribution in [2.24, 2.45) is 7.05 Å². The molecule has 0 radical (unpaired) electrons. The van der Waals surface area contributed by atoms with Gasteiger partial charge in [0.05, 0.1) is 12.6 Å². The standard InChI is InChI=1S/C21H23F2N5O2/c1-21(2,3)30-20(29)24-11-10-13-8-9-14(12-17(13)23)15-6-5-7-16(22)18(15)19-25-27-28(4)26-19/h5-9,12H,10-11H2,1-4H3,(H,24,29). The van der Waals surface area contributed by atoms with Crippen LogP contribution in [0.1, 0.15) is 26.3 Å². The molecule has 0 spiro atoms. The van der Waals surface area contributed by atoms with Gasteiger partial charge in [0, 0.05) is 6.54 Å². The van der Waals surface area contributed by atoms with Crippen LogP contribution in [0.3, 0.4) is 0 Å². The predicted octanol–water partition coefficient (Wildman–Crippen LogP) is 3.89. The second-order valence-electron chi connectivity index (χ2n) is 7.75. The molecule has 1 N–H and O–H groups in total. The minimum Gasteiger partial charge on any atom is -0.444 e. The highest BCUT2D eigenvalue weighted by Gasteiger charge is 2.18. The molecule has 30 heavy (non-hydrogen) atoms. The number of tetrazole rings is 1. The maximum atomic E-state index is 14.7. The number of ether oxygens (including phenoxy) is 1. The van der Waals surface area contributed by atoms with Crippen LogP contribution in [-0.2, 0) is 18.2 Å². The summed E-state index contributed by atoms with van der Waals surface area (Å²) in [5, 5.41) is 14.3. The average molecular weight is 415 g/mol. The van der Waals surface area contributed by atoms with E-state index in [1.165, 1.54) is 16.9 Å². The average Bonchev–Trinajstić information content (AvgIpc) is 3.07. The van der Waals surface area contributed by atoms with E-state index in [-0.39, 0.29) is 24.4 Å². The fourth-order valence-corrected chi connectivity index (χ4v) is 2.91. The van der Waals surface area contributed by atoms with Crippen LogP contribution in [0.25, 0.3) is 22.5 Å². The molecule has 0 atom stereocenters. The predicted molar refractivity (Wildman–Crippen MR) is 108 cm³/mol. The summed E-state index contributed by atoms with van der Waals surface area (Å²) in [5.41, 5.74) is 0.922. The minimum absolute atomic E-state index is 0.122. The molecule has 0 aliphatic carbocycles. The monoisotopic (exact) mass is 415 g/mol. The number of aromatic nitrogens is 4. The van der Waals surface area contributed by atoms with Crippen molar-refractivity contribution in [1.29, 1.82) is 0 Å². The summed E-state index contributed by atoms with van der Waals surface area (Å²) in [7, 11) is 1.58. The van der Waals surface area contributed by atoms with Gasteiger partial charge in [0.2, 0.25) is 5.82 Å². The second kappa shape index (κ2) is 8.56. The van der Waals surface area contributed by atoms with Crippen molar-refractivity contribution in [3.05, 3.63) is 53.6 Å². The fraction of sp³-hybridized carbons (Fsp3) is 0.333. The van der Waals surface area contributed by atoms with Crippen molar-refractivity contribution >= 4 is 6.09 Å². The Hall–Kier alpha value is -3.36. The highest BCUT2D eigenvalue weighted by atomic mass is 19.1. The minimum atomic E-state index is -0.600. The van der Waals surface area contributed by atoms with Gasteiger partial charge in [0.1, 0.15) is 17.2 Å². The van der Waals surface area contributed by atoms with E-state index in [9.17, 15) is 13.6 Å². The molecule has 0 saturated heterocycles. The first-order valence-corrected chi connectivity index (χ1v) is 9.42. The quantitative estimate of drug-likeness (QED) is 0.684. The number of benzene rings is 2. The number of nitrogens with zero attached hydrogens (tertiary/aromatic N) is 4. The van der Waals surface area contributed by atoms with E-state index in [0.717, 1.165) is 0 Å². The number of carbonyl (C=O) groups is 1. The molecule has 7 nitrogen and oxygen atoms in total. The third kappa shape index (κ3) is 5.16. The van der Waals surface area contributed by atoms with Gasteiger partial charge in [-0.05, 0) is 61.2 Å². The van der Waals surface area contributed by atoms with Crippen LogP contribution in [0.15, 0.2) is 36.4 Å². The summed E-state index contributed by atoms with van der Waals surface area (Å²) in [6, 6.07) is 9.15. The number of hydrogen-bond acceptors (Lipinski definition) is 5. The lowest BCUT2D eigenvalue weighted by Gasteiger charge is -2.19. The number of carbonyl (C=O) groups excluding carboxylic acids is 1. The summed E-state index contributed by atoms with van der Waals surface area (Å²) < 4.78 is 34.3. The fourth-order valence-electron chi connectivity index (χ4n) is 2.91. The molecule has 3 rings (SSSR count). The Balaban J connectivity index is 1.78. The number of alkyl carbamates (subject to hydrolysis) is 1. The molecule has 1 amide bonds. The lowest BCUT2D eigenvalue weighted by Crippen LogP contribution is -2.33. The van der Waals surface area contributed by atoms with Gasteiger partial charge in [-0.1, -0.05) is 24.3 Å². The lowest BCUT2D eigenvalue weighted by molar-refractivity contribution is 0.0528. The van der Waals surface area contributed by atoms with E-state index >= 15 is 0 Å². The van der Waals surface area contributed by atoms with Crippen molar-refractivity contribution in [3.8, 4) is 22.5 Å². The summed E-state index contributed by atoms with van der Waals surface area (Å²) in [6.45, 7) is 5.52. The Morgan fingerprint density at radius 3 is 2.57 bits per heavy atom.